The lowest BCUT2D eigenvalue weighted by Crippen LogP contribution is -2.17. The predicted octanol–water partition coefficient (Wildman–Crippen LogP) is 3.55. The third-order valence-corrected chi connectivity index (χ3v) is 3.98. The van der Waals surface area contributed by atoms with Gasteiger partial charge in [0.1, 0.15) is 5.75 Å². The van der Waals surface area contributed by atoms with Crippen LogP contribution in [0.2, 0.25) is 0 Å². The number of aromatic nitrogens is 1. The number of nitrogens with zero attached hydrogens (tertiary/aromatic N) is 1. The molecule has 1 aliphatic heterocycles. The molecule has 0 unspecified atom stereocenters. The smallest absolute Gasteiger partial charge is 0.127 e. The molecule has 0 saturated carbocycles. The van der Waals surface area contributed by atoms with Gasteiger partial charge in [-0.05, 0) is 43.7 Å². The summed E-state index contributed by atoms with van der Waals surface area (Å²) in [6, 6.07) is 8.51. The van der Waals surface area contributed by atoms with Crippen LogP contribution in [0, 0.1) is 13.8 Å². The molecule has 1 N–H and O–H groups in total. The average molecular weight is 321 g/mol. The van der Waals surface area contributed by atoms with Crippen LogP contribution in [0.5, 0.6) is 5.75 Å². The van der Waals surface area contributed by atoms with Crippen LogP contribution in [0.4, 0.5) is 0 Å². The summed E-state index contributed by atoms with van der Waals surface area (Å²) in [5, 5.41) is 0. The first kappa shape index (κ1) is 12.6. The molecule has 1 aliphatic rings. The number of benzene rings is 1. The van der Waals surface area contributed by atoms with Gasteiger partial charge in [-0.15, -0.1) is 0 Å². The molecule has 4 heteroatoms. The van der Waals surface area contributed by atoms with Gasteiger partial charge in [0.2, 0.25) is 0 Å². The lowest BCUT2D eigenvalue weighted by molar-refractivity contribution is 0.353. The van der Waals surface area contributed by atoms with Crippen molar-refractivity contribution >= 4 is 15.9 Å². The Kier molecular flexibility index (Phi) is 3.27. The van der Waals surface area contributed by atoms with Crippen LogP contribution in [0.1, 0.15) is 22.5 Å². The predicted molar refractivity (Wildman–Crippen MR) is 80.3 cm³/mol. The molecule has 3 rings (SSSR count). The van der Waals surface area contributed by atoms with Crippen LogP contribution < -0.4 is 10.2 Å². The van der Waals surface area contributed by atoms with Crippen molar-refractivity contribution in [2.75, 3.05) is 12.0 Å². The minimum absolute atomic E-state index is 0.762. The fraction of sp³-hybridized carbons (Fsp3) is 0.333. The van der Waals surface area contributed by atoms with E-state index in [2.05, 4.69) is 64.1 Å². The van der Waals surface area contributed by atoms with Crippen LogP contribution in [-0.2, 0) is 13.0 Å². The van der Waals surface area contributed by atoms with E-state index in [1.54, 1.807) is 0 Å². The van der Waals surface area contributed by atoms with E-state index in [-0.39, 0.29) is 0 Å². The number of fused-ring (bicyclic) bond motifs is 1. The SMILES string of the molecule is Cc1ccc(C)n1NCc1cc(Br)cc2c1OCC2. The molecular weight excluding hydrogens is 304 g/mol. The summed E-state index contributed by atoms with van der Waals surface area (Å²) in [5.41, 5.74) is 8.38. The standard InChI is InChI=1S/C15H17BrN2O/c1-10-3-4-11(2)18(10)17-9-13-8-14(16)7-12-5-6-19-15(12)13/h3-4,7-8,17H,5-6,9H2,1-2H3. The lowest BCUT2D eigenvalue weighted by atomic mass is 10.1. The Hall–Kier alpha value is -1.42. The highest BCUT2D eigenvalue weighted by molar-refractivity contribution is 9.10. The van der Waals surface area contributed by atoms with Gasteiger partial charge >= 0.3 is 0 Å². The van der Waals surface area contributed by atoms with E-state index in [0.717, 1.165) is 29.8 Å². The number of hydrogen-bond donors (Lipinski definition) is 1. The van der Waals surface area contributed by atoms with Crippen molar-refractivity contribution in [1.82, 2.24) is 4.68 Å². The van der Waals surface area contributed by atoms with E-state index in [1.807, 2.05) is 0 Å². The molecule has 0 amide bonds. The molecule has 0 spiro atoms. The summed E-state index contributed by atoms with van der Waals surface area (Å²) < 4.78 is 8.98. The average Bonchev–Trinajstić information content (AvgIpc) is 2.95. The molecule has 0 radical (unpaired) electrons. The Morgan fingerprint density at radius 2 is 2.00 bits per heavy atom. The fourth-order valence-electron chi connectivity index (χ4n) is 2.56. The van der Waals surface area contributed by atoms with Crippen LogP contribution in [0.3, 0.4) is 0 Å². The zero-order valence-electron chi connectivity index (χ0n) is 11.2. The number of rotatable bonds is 3. The first-order valence-electron chi connectivity index (χ1n) is 6.48. The van der Waals surface area contributed by atoms with Gasteiger partial charge in [-0.3, -0.25) is 4.68 Å². The van der Waals surface area contributed by atoms with Crippen molar-refractivity contribution < 1.29 is 4.74 Å². The molecule has 0 atom stereocenters. The lowest BCUT2D eigenvalue weighted by Gasteiger charge is -2.15. The molecule has 19 heavy (non-hydrogen) atoms. The zero-order valence-corrected chi connectivity index (χ0v) is 12.8. The summed E-state index contributed by atoms with van der Waals surface area (Å²) in [6.07, 6.45) is 1.00. The maximum atomic E-state index is 5.74. The van der Waals surface area contributed by atoms with E-state index in [4.69, 9.17) is 4.74 Å². The minimum Gasteiger partial charge on any atom is -0.493 e. The van der Waals surface area contributed by atoms with Gasteiger partial charge in [0.15, 0.2) is 0 Å². The molecule has 3 nitrogen and oxygen atoms in total. The van der Waals surface area contributed by atoms with Gasteiger partial charge < -0.3 is 10.2 Å². The summed E-state index contributed by atoms with van der Waals surface area (Å²) in [7, 11) is 0. The Morgan fingerprint density at radius 3 is 2.74 bits per heavy atom. The van der Waals surface area contributed by atoms with E-state index in [1.165, 1.54) is 22.5 Å². The highest BCUT2D eigenvalue weighted by Crippen LogP contribution is 2.33. The van der Waals surface area contributed by atoms with Gasteiger partial charge in [-0.25, -0.2) is 0 Å². The van der Waals surface area contributed by atoms with E-state index < -0.39 is 0 Å². The second-order valence-corrected chi connectivity index (χ2v) is 5.85. The Labute approximate surface area is 121 Å². The van der Waals surface area contributed by atoms with Gasteiger partial charge in [0.25, 0.3) is 0 Å². The largest absolute Gasteiger partial charge is 0.493 e. The van der Waals surface area contributed by atoms with Gasteiger partial charge in [-0.2, -0.15) is 0 Å². The Morgan fingerprint density at radius 1 is 1.26 bits per heavy atom. The van der Waals surface area contributed by atoms with Gasteiger partial charge in [0, 0.05) is 27.8 Å². The quantitative estimate of drug-likeness (QED) is 0.936. The molecule has 1 aromatic heterocycles. The number of aryl methyl sites for hydroxylation is 2. The number of hydrogen-bond acceptors (Lipinski definition) is 2. The molecule has 0 bridgehead atoms. The third kappa shape index (κ3) is 2.37. The van der Waals surface area contributed by atoms with Gasteiger partial charge in [-0.1, -0.05) is 15.9 Å². The Balaban J connectivity index is 1.85. The van der Waals surface area contributed by atoms with Crippen LogP contribution in [0.25, 0.3) is 0 Å². The maximum Gasteiger partial charge on any atom is 0.127 e. The fourth-order valence-corrected chi connectivity index (χ4v) is 3.11. The highest BCUT2D eigenvalue weighted by atomic mass is 79.9. The normalized spacial score (nSPS) is 13.2. The molecule has 0 saturated heterocycles. The van der Waals surface area contributed by atoms with E-state index in [9.17, 15) is 0 Å². The van der Waals surface area contributed by atoms with Crippen LogP contribution >= 0.6 is 15.9 Å². The summed E-state index contributed by atoms with van der Waals surface area (Å²) in [4.78, 5) is 0. The van der Waals surface area contributed by atoms with Crippen LogP contribution in [0.15, 0.2) is 28.7 Å². The van der Waals surface area contributed by atoms with E-state index >= 15 is 0 Å². The van der Waals surface area contributed by atoms with Gasteiger partial charge in [0.05, 0.1) is 13.2 Å². The van der Waals surface area contributed by atoms with Crippen molar-refractivity contribution in [2.24, 2.45) is 0 Å². The molecule has 2 aromatic rings. The summed E-state index contributed by atoms with van der Waals surface area (Å²) >= 11 is 3.57. The first-order valence-corrected chi connectivity index (χ1v) is 7.27. The topological polar surface area (TPSA) is 26.2 Å². The van der Waals surface area contributed by atoms with Crippen LogP contribution in [-0.4, -0.2) is 11.3 Å². The Bertz CT molecular complexity index is 599. The zero-order chi connectivity index (χ0) is 13.4. The number of halogens is 1. The summed E-state index contributed by atoms with van der Waals surface area (Å²) in [5.74, 6) is 1.05. The monoisotopic (exact) mass is 320 g/mol. The van der Waals surface area contributed by atoms with Crippen molar-refractivity contribution in [3.63, 3.8) is 0 Å². The number of ether oxygens (including phenoxy) is 1. The van der Waals surface area contributed by atoms with Crippen molar-refractivity contribution in [1.29, 1.82) is 0 Å². The second-order valence-electron chi connectivity index (χ2n) is 4.94. The molecular formula is C15H17BrN2O. The molecule has 100 valence electrons. The summed E-state index contributed by atoms with van der Waals surface area (Å²) in [6.45, 7) is 5.75. The third-order valence-electron chi connectivity index (χ3n) is 3.52. The molecule has 1 aromatic carbocycles. The molecule has 0 aliphatic carbocycles. The minimum atomic E-state index is 0.762. The van der Waals surface area contributed by atoms with Crippen molar-refractivity contribution in [3.8, 4) is 5.75 Å². The maximum absolute atomic E-state index is 5.74. The van der Waals surface area contributed by atoms with Crippen molar-refractivity contribution in [3.05, 3.63) is 51.3 Å². The molecule has 2 heterocycles. The molecule has 0 fully saturated rings. The van der Waals surface area contributed by atoms with Crippen molar-refractivity contribution in [2.45, 2.75) is 26.8 Å². The highest BCUT2D eigenvalue weighted by Gasteiger charge is 2.17. The first-order chi connectivity index (χ1) is 9.15. The second kappa shape index (κ2) is 4.93. The number of nitrogens with one attached hydrogen (secondary N) is 1. The van der Waals surface area contributed by atoms with E-state index in [0.29, 0.717) is 0 Å².